The van der Waals surface area contributed by atoms with Gasteiger partial charge in [-0.3, -0.25) is 4.79 Å². The first kappa shape index (κ1) is 21.9. The van der Waals surface area contributed by atoms with Gasteiger partial charge in [-0.1, -0.05) is 19.1 Å². The predicted octanol–water partition coefficient (Wildman–Crippen LogP) is 3.73. The quantitative estimate of drug-likeness (QED) is 0.632. The third kappa shape index (κ3) is 4.21. The van der Waals surface area contributed by atoms with Crippen molar-refractivity contribution in [2.75, 3.05) is 28.0 Å². The summed E-state index contributed by atoms with van der Waals surface area (Å²) in [6, 6.07) is 5.53. The van der Waals surface area contributed by atoms with Gasteiger partial charge in [0.05, 0.1) is 7.11 Å². The first-order valence-electron chi connectivity index (χ1n) is 10.0. The van der Waals surface area contributed by atoms with E-state index >= 15 is 0 Å². The first-order valence-corrected chi connectivity index (χ1v) is 10.0. The van der Waals surface area contributed by atoms with Crippen molar-refractivity contribution >= 4 is 11.9 Å². The summed E-state index contributed by atoms with van der Waals surface area (Å²) in [5.74, 6) is 1.37. The number of benzene rings is 1. The second-order valence-corrected chi connectivity index (χ2v) is 7.99. The number of fused-ring (bicyclic) bond motifs is 1. The van der Waals surface area contributed by atoms with Gasteiger partial charge in [0, 0.05) is 26.1 Å². The normalized spacial score (nSPS) is 23.7. The molecule has 0 spiro atoms. The maximum atomic E-state index is 12.4. The van der Waals surface area contributed by atoms with E-state index in [4.69, 9.17) is 18.9 Å². The van der Waals surface area contributed by atoms with Crippen LogP contribution in [0.5, 0.6) is 11.5 Å². The fourth-order valence-corrected chi connectivity index (χ4v) is 4.05. The third-order valence-electron chi connectivity index (χ3n) is 5.75. The van der Waals surface area contributed by atoms with Gasteiger partial charge in [0.25, 0.3) is 0 Å². The number of allylic oxidation sites excluding steroid dienone is 2. The Balaban J connectivity index is 1.85. The fourth-order valence-electron chi connectivity index (χ4n) is 4.05. The molecule has 0 saturated carbocycles. The predicted molar refractivity (Wildman–Crippen MR) is 111 cm³/mol. The lowest BCUT2D eigenvalue weighted by molar-refractivity contribution is -0.123. The Bertz CT molecular complexity index is 861. The van der Waals surface area contributed by atoms with E-state index < -0.39 is 11.7 Å². The van der Waals surface area contributed by atoms with Crippen molar-refractivity contribution in [1.29, 1.82) is 0 Å². The molecule has 0 bridgehead atoms. The lowest BCUT2D eigenvalue weighted by Gasteiger charge is -2.38. The highest BCUT2D eigenvalue weighted by atomic mass is 16.7. The smallest absolute Gasteiger partial charge is 0.414 e. The van der Waals surface area contributed by atoms with Crippen molar-refractivity contribution in [3.05, 3.63) is 48.3 Å². The number of carbonyl (C=O) groups is 2. The summed E-state index contributed by atoms with van der Waals surface area (Å²) in [4.78, 5) is 25.8. The number of hydrogen-bond donors (Lipinski definition) is 0. The molecule has 3 rings (SSSR count). The summed E-state index contributed by atoms with van der Waals surface area (Å²) in [6.45, 7) is 5.99. The monoisotopic (exact) mass is 415 g/mol. The molecule has 7 heteroatoms. The molecule has 0 radical (unpaired) electrons. The molecule has 1 aromatic carbocycles. The molecule has 1 saturated heterocycles. The van der Waals surface area contributed by atoms with Gasteiger partial charge < -0.3 is 23.8 Å². The average Bonchev–Trinajstić information content (AvgIpc) is 3.12. The van der Waals surface area contributed by atoms with Crippen molar-refractivity contribution in [2.45, 2.75) is 31.8 Å². The molecule has 1 aliphatic heterocycles. The Morgan fingerprint density at radius 2 is 2.17 bits per heavy atom. The average molecular weight is 415 g/mol. The van der Waals surface area contributed by atoms with E-state index in [0.29, 0.717) is 36.5 Å². The second-order valence-electron chi connectivity index (χ2n) is 7.99. The number of amides is 1. The van der Waals surface area contributed by atoms with Crippen LogP contribution in [0, 0.1) is 11.8 Å². The summed E-state index contributed by atoms with van der Waals surface area (Å²) in [5.41, 5.74) is 0.313. The number of nitrogens with zero attached hydrogens (tertiary/aromatic N) is 1. The SMILES string of the molecule is C=CC[C@H]1C[C@]2(C(C)Cc3ccc(OC)c(OC(=O)N(C)C)c3)OCOC2=CC1=O. The van der Waals surface area contributed by atoms with Crippen molar-refractivity contribution in [3.8, 4) is 11.5 Å². The number of ketones is 1. The fraction of sp³-hybridized carbons (Fsp3) is 0.478. The molecule has 0 N–H and O–H groups in total. The van der Waals surface area contributed by atoms with Gasteiger partial charge in [0.2, 0.25) is 0 Å². The Hall–Kier alpha value is -2.80. The molecule has 1 amide bonds. The van der Waals surface area contributed by atoms with Crippen LogP contribution in [0.1, 0.15) is 25.3 Å². The molecule has 0 aromatic heterocycles. The van der Waals surface area contributed by atoms with E-state index in [1.54, 1.807) is 32.3 Å². The number of carbonyl (C=O) groups excluding carboxylic acids is 2. The highest BCUT2D eigenvalue weighted by Crippen LogP contribution is 2.46. The van der Waals surface area contributed by atoms with Gasteiger partial charge >= 0.3 is 6.09 Å². The third-order valence-corrected chi connectivity index (χ3v) is 5.75. The summed E-state index contributed by atoms with van der Waals surface area (Å²) >= 11 is 0. The van der Waals surface area contributed by atoms with Gasteiger partial charge in [-0.15, -0.1) is 6.58 Å². The molecule has 1 fully saturated rings. The van der Waals surface area contributed by atoms with Gasteiger partial charge in [0.15, 0.2) is 24.1 Å². The van der Waals surface area contributed by atoms with Crippen LogP contribution in [0.2, 0.25) is 0 Å². The van der Waals surface area contributed by atoms with Crippen LogP contribution < -0.4 is 9.47 Å². The van der Waals surface area contributed by atoms with Crippen LogP contribution in [0.15, 0.2) is 42.7 Å². The lowest BCUT2D eigenvalue weighted by Crippen LogP contribution is -2.44. The maximum absolute atomic E-state index is 12.4. The van der Waals surface area contributed by atoms with Crippen molar-refractivity contribution < 1.29 is 28.5 Å². The van der Waals surface area contributed by atoms with E-state index in [-0.39, 0.29) is 24.4 Å². The van der Waals surface area contributed by atoms with Crippen LogP contribution in [-0.2, 0) is 20.7 Å². The van der Waals surface area contributed by atoms with Gasteiger partial charge in [0.1, 0.15) is 11.4 Å². The van der Waals surface area contributed by atoms with Crippen LogP contribution in [0.25, 0.3) is 0 Å². The Kier molecular flexibility index (Phi) is 6.51. The van der Waals surface area contributed by atoms with E-state index in [1.807, 2.05) is 12.1 Å². The van der Waals surface area contributed by atoms with Crippen LogP contribution in [-0.4, -0.2) is 50.4 Å². The van der Waals surface area contributed by atoms with Crippen molar-refractivity contribution in [1.82, 2.24) is 4.90 Å². The Morgan fingerprint density at radius 1 is 1.40 bits per heavy atom. The molecule has 1 heterocycles. The highest BCUT2D eigenvalue weighted by Gasteiger charge is 2.51. The molecule has 2 aliphatic rings. The standard InChI is InChI=1S/C23H29NO6/c1-6-7-17-13-23(21(12-18(17)25)28-14-29-23)15(2)10-16-8-9-19(27-5)20(11-16)30-22(26)24(3)4/h6,8-9,11-12,15,17H,1,7,10,13-14H2,2-5H3/t15?,17-,23+/m0/s1. The van der Waals surface area contributed by atoms with E-state index in [2.05, 4.69) is 13.5 Å². The minimum absolute atomic E-state index is 0.0254. The summed E-state index contributed by atoms with van der Waals surface area (Å²) in [5, 5.41) is 0. The number of methoxy groups -OCH3 is 1. The molecule has 162 valence electrons. The number of rotatable bonds is 7. The topological polar surface area (TPSA) is 74.3 Å². The zero-order valence-electron chi connectivity index (χ0n) is 18.0. The Morgan fingerprint density at radius 3 is 2.83 bits per heavy atom. The van der Waals surface area contributed by atoms with Crippen molar-refractivity contribution in [2.24, 2.45) is 11.8 Å². The largest absolute Gasteiger partial charge is 0.493 e. The molecule has 1 aliphatic carbocycles. The van der Waals surface area contributed by atoms with Crippen LogP contribution >= 0.6 is 0 Å². The zero-order valence-corrected chi connectivity index (χ0v) is 18.0. The highest BCUT2D eigenvalue weighted by molar-refractivity contribution is 5.93. The summed E-state index contributed by atoms with van der Waals surface area (Å²) < 4.78 is 22.5. The van der Waals surface area contributed by atoms with E-state index in [9.17, 15) is 9.59 Å². The molecular formula is C23H29NO6. The zero-order chi connectivity index (χ0) is 21.9. The number of hydrogen-bond acceptors (Lipinski definition) is 6. The van der Waals surface area contributed by atoms with Crippen LogP contribution in [0.3, 0.4) is 0 Å². The van der Waals surface area contributed by atoms with E-state index in [1.165, 1.54) is 12.0 Å². The Labute approximate surface area is 177 Å². The van der Waals surface area contributed by atoms with Gasteiger partial charge in [-0.05, 0) is 42.9 Å². The van der Waals surface area contributed by atoms with Crippen LogP contribution in [0.4, 0.5) is 4.79 Å². The molecule has 3 atom stereocenters. The summed E-state index contributed by atoms with van der Waals surface area (Å²) in [7, 11) is 4.77. The molecule has 7 nitrogen and oxygen atoms in total. The minimum atomic E-state index is -0.651. The molecular weight excluding hydrogens is 386 g/mol. The molecule has 1 unspecified atom stereocenters. The first-order chi connectivity index (χ1) is 14.3. The minimum Gasteiger partial charge on any atom is -0.493 e. The van der Waals surface area contributed by atoms with Gasteiger partial charge in [-0.25, -0.2) is 4.79 Å². The second kappa shape index (κ2) is 8.92. The lowest BCUT2D eigenvalue weighted by atomic mass is 9.71. The summed E-state index contributed by atoms with van der Waals surface area (Å²) in [6.07, 6.45) is 4.68. The van der Waals surface area contributed by atoms with Gasteiger partial charge in [-0.2, -0.15) is 0 Å². The van der Waals surface area contributed by atoms with Crippen molar-refractivity contribution in [3.63, 3.8) is 0 Å². The number of ether oxygens (including phenoxy) is 4. The maximum Gasteiger partial charge on any atom is 0.414 e. The van der Waals surface area contributed by atoms with E-state index in [0.717, 1.165) is 5.56 Å². The molecule has 30 heavy (non-hydrogen) atoms. The molecule has 1 aromatic rings.